The van der Waals surface area contributed by atoms with Crippen LogP contribution in [0.25, 0.3) is 10.9 Å². The third-order valence-corrected chi connectivity index (χ3v) is 5.96. The predicted molar refractivity (Wildman–Crippen MR) is 123 cm³/mol. The Hall–Kier alpha value is -1.46. The molecule has 0 amide bonds. The maximum atomic E-state index is 11.3. The van der Waals surface area contributed by atoms with Gasteiger partial charge in [-0.25, -0.2) is 4.98 Å². The molecule has 0 unspecified atom stereocenters. The molecule has 5 rings (SSSR count). The molecule has 1 aromatic heterocycles. The fourth-order valence-corrected chi connectivity index (χ4v) is 4.11. The average Bonchev–Trinajstić information content (AvgIpc) is 3.25. The maximum absolute atomic E-state index is 11.3. The topological polar surface area (TPSA) is 96.8 Å². The van der Waals surface area contributed by atoms with Crippen molar-refractivity contribution in [3.8, 4) is 5.75 Å². The van der Waals surface area contributed by atoms with E-state index in [1.54, 1.807) is 6.07 Å². The molecule has 3 heterocycles. The number of carbonyl (C=O) groups is 1. The van der Waals surface area contributed by atoms with Crippen LogP contribution in [0, 0.1) is 5.92 Å². The minimum atomic E-state index is -0.736. The van der Waals surface area contributed by atoms with Crippen molar-refractivity contribution in [2.75, 3.05) is 23.3 Å². The van der Waals surface area contributed by atoms with Gasteiger partial charge < -0.3 is 20.2 Å². The van der Waals surface area contributed by atoms with Gasteiger partial charge in [0.15, 0.2) is 5.75 Å². The summed E-state index contributed by atoms with van der Waals surface area (Å²) in [5, 5.41) is 14.1. The van der Waals surface area contributed by atoms with Crippen LogP contribution in [0.1, 0.15) is 24.0 Å². The van der Waals surface area contributed by atoms with Gasteiger partial charge in [0.1, 0.15) is 12.4 Å². The molecule has 2 aliphatic rings. The number of hydrogen-bond acceptors (Lipinski definition) is 7. The first kappa shape index (κ1) is 23.7. The van der Waals surface area contributed by atoms with Gasteiger partial charge in [0, 0.05) is 35.6 Å². The number of benzene rings is 2. The molecule has 162 valence electrons. The Morgan fingerprint density at radius 3 is 2.78 bits per heavy atom. The molecule has 1 saturated heterocycles. The molecule has 0 atom stereocenters. The van der Waals surface area contributed by atoms with Crippen molar-refractivity contribution in [3.05, 3.63) is 52.5 Å². The summed E-state index contributed by atoms with van der Waals surface area (Å²) >= 11 is 6.23. The Balaban J connectivity index is 0.00000245. The van der Waals surface area contributed by atoms with E-state index in [1.165, 1.54) is 0 Å². The fourth-order valence-electron chi connectivity index (χ4n) is 3.94. The van der Waals surface area contributed by atoms with Gasteiger partial charge in [0.2, 0.25) is 5.95 Å². The summed E-state index contributed by atoms with van der Waals surface area (Å²) in [4.78, 5) is 33.0. The van der Waals surface area contributed by atoms with Gasteiger partial charge in [0.25, 0.3) is 0 Å². The van der Waals surface area contributed by atoms with Crippen molar-refractivity contribution in [1.82, 2.24) is 9.97 Å². The fraction of sp³-hybridized carbons (Fsp3) is 0.318. The standard InChI is InChI=1S/C22H21ClN4O4.K.H/c23-16-3-4-18-17(10-16)20(24-11-13-1-2-15-12-30-31-19(15)9-13)26-22(25-18)27-7-5-14(6-8-27)21(28)29;;/h1-4,9-10,14H,5-8,11-12H2,(H,28,29)(H,24,25,26);;. The zero-order valence-corrected chi connectivity index (χ0v) is 17.4. The number of aromatic nitrogens is 2. The third-order valence-electron chi connectivity index (χ3n) is 5.73. The van der Waals surface area contributed by atoms with Crippen LogP contribution in [0.3, 0.4) is 0 Å². The summed E-state index contributed by atoms with van der Waals surface area (Å²) in [6.07, 6.45) is 1.16. The summed E-state index contributed by atoms with van der Waals surface area (Å²) in [5.41, 5.74) is 2.83. The van der Waals surface area contributed by atoms with E-state index in [-0.39, 0.29) is 57.3 Å². The molecular weight excluding hydrogens is 459 g/mol. The summed E-state index contributed by atoms with van der Waals surface area (Å²) in [6.45, 7) is 2.21. The summed E-state index contributed by atoms with van der Waals surface area (Å²) < 4.78 is 0. The second-order valence-electron chi connectivity index (χ2n) is 7.77. The van der Waals surface area contributed by atoms with Gasteiger partial charge in [0.05, 0.1) is 11.4 Å². The molecular formula is C22H22ClKN4O4. The number of halogens is 1. The van der Waals surface area contributed by atoms with Crippen molar-refractivity contribution in [3.63, 3.8) is 0 Å². The molecule has 0 aliphatic carbocycles. The minimum absolute atomic E-state index is 0. The van der Waals surface area contributed by atoms with Gasteiger partial charge in [-0.3, -0.25) is 4.79 Å². The molecule has 10 heteroatoms. The van der Waals surface area contributed by atoms with E-state index >= 15 is 0 Å². The number of carboxylic acids is 1. The van der Waals surface area contributed by atoms with Crippen LogP contribution in [0.5, 0.6) is 5.75 Å². The van der Waals surface area contributed by atoms with E-state index in [0.717, 1.165) is 27.8 Å². The van der Waals surface area contributed by atoms with Crippen LogP contribution in [-0.4, -0.2) is 85.5 Å². The molecule has 32 heavy (non-hydrogen) atoms. The van der Waals surface area contributed by atoms with Crippen LogP contribution in [0.4, 0.5) is 11.8 Å². The van der Waals surface area contributed by atoms with Gasteiger partial charge in [-0.05, 0) is 42.7 Å². The molecule has 0 saturated carbocycles. The first-order chi connectivity index (χ1) is 15.1. The van der Waals surface area contributed by atoms with Crippen molar-refractivity contribution in [2.45, 2.75) is 26.0 Å². The second kappa shape index (κ2) is 10.2. The van der Waals surface area contributed by atoms with E-state index in [4.69, 9.17) is 31.3 Å². The van der Waals surface area contributed by atoms with Gasteiger partial charge in [-0.15, -0.1) is 0 Å². The normalized spacial score (nSPS) is 15.7. The Kier molecular flexibility index (Phi) is 7.56. The van der Waals surface area contributed by atoms with Crippen molar-refractivity contribution < 1.29 is 19.7 Å². The zero-order chi connectivity index (χ0) is 21.4. The van der Waals surface area contributed by atoms with Crippen molar-refractivity contribution >= 4 is 91.6 Å². The second-order valence-corrected chi connectivity index (χ2v) is 8.21. The van der Waals surface area contributed by atoms with Crippen LogP contribution in [0.2, 0.25) is 5.02 Å². The number of aliphatic carboxylic acids is 1. The van der Waals surface area contributed by atoms with E-state index in [9.17, 15) is 9.90 Å². The van der Waals surface area contributed by atoms with E-state index < -0.39 is 5.97 Å². The predicted octanol–water partition coefficient (Wildman–Crippen LogP) is 3.37. The third kappa shape index (κ3) is 5.04. The SMILES string of the molecule is O=C(O)C1CCN(c2nc(NCc3ccc4c(c3)OOC4)c3cc(Cl)ccc3n2)CC1.[KH]. The van der Waals surface area contributed by atoms with Gasteiger partial charge in [-0.2, -0.15) is 9.87 Å². The zero-order valence-electron chi connectivity index (χ0n) is 16.7. The molecule has 2 aliphatic heterocycles. The number of carboxylic acid groups (broad SMARTS) is 1. The van der Waals surface area contributed by atoms with Crippen LogP contribution in [-0.2, 0) is 22.8 Å². The Morgan fingerprint density at radius 1 is 1.19 bits per heavy atom. The average molecular weight is 481 g/mol. The molecule has 1 fully saturated rings. The van der Waals surface area contributed by atoms with Crippen LogP contribution < -0.4 is 15.1 Å². The molecule has 2 aromatic carbocycles. The number of rotatable bonds is 5. The first-order valence-corrected chi connectivity index (χ1v) is 10.5. The van der Waals surface area contributed by atoms with Crippen molar-refractivity contribution in [1.29, 1.82) is 0 Å². The summed E-state index contributed by atoms with van der Waals surface area (Å²) in [7, 11) is 0. The molecule has 8 nitrogen and oxygen atoms in total. The van der Waals surface area contributed by atoms with Crippen LogP contribution >= 0.6 is 11.6 Å². The van der Waals surface area contributed by atoms with Gasteiger partial charge in [-0.1, -0.05) is 23.7 Å². The van der Waals surface area contributed by atoms with Crippen LogP contribution in [0.15, 0.2) is 36.4 Å². The van der Waals surface area contributed by atoms with Gasteiger partial charge >= 0.3 is 57.4 Å². The van der Waals surface area contributed by atoms with E-state index in [2.05, 4.69) is 5.32 Å². The molecule has 2 N–H and O–H groups in total. The molecule has 0 bridgehead atoms. The number of hydrogen-bond donors (Lipinski definition) is 2. The quantitative estimate of drug-likeness (QED) is 0.424. The summed E-state index contributed by atoms with van der Waals surface area (Å²) in [6, 6.07) is 11.5. The first-order valence-electron chi connectivity index (χ1n) is 10.2. The Bertz CT molecular complexity index is 1150. The molecule has 0 radical (unpaired) electrons. The Labute approximate surface area is 232 Å². The Morgan fingerprint density at radius 2 is 2.00 bits per heavy atom. The molecule has 0 spiro atoms. The van der Waals surface area contributed by atoms with Crippen molar-refractivity contribution in [2.24, 2.45) is 5.92 Å². The number of nitrogens with one attached hydrogen (secondary N) is 1. The number of piperidine rings is 1. The number of fused-ring (bicyclic) bond motifs is 2. The van der Waals surface area contributed by atoms with E-state index in [0.29, 0.717) is 55.9 Å². The summed E-state index contributed by atoms with van der Waals surface area (Å²) in [5.74, 6) is 0.961. The molecule has 3 aromatic rings. The van der Waals surface area contributed by atoms with E-state index in [1.807, 2.05) is 35.2 Å². The monoisotopic (exact) mass is 480 g/mol. The number of nitrogens with zero attached hydrogens (tertiary/aromatic N) is 3. The number of anilines is 2.